The van der Waals surface area contributed by atoms with Gasteiger partial charge in [0, 0.05) is 22.7 Å². The summed E-state index contributed by atoms with van der Waals surface area (Å²) in [6.45, 7) is 1.91. The predicted octanol–water partition coefficient (Wildman–Crippen LogP) is 3.77. The van der Waals surface area contributed by atoms with E-state index in [9.17, 15) is 4.79 Å². The van der Waals surface area contributed by atoms with E-state index in [0.717, 1.165) is 11.1 Å². The van der Waals surface area contributed by atoms with Crippen LogP contribution in [0.5, 0.6) is 0 Å². The quantitative estimate of drug-likeness (QED) is 0.800. The van der Waals surface area contributed by atoms with Crippen LogP contribution in [0, 0.1) is 6.92 Å². The number of anilines is 1. The van der Waals surface area contributed by atoms with E-state index in [4.69, 9.17) is 0 Å². The predicted molar refractivity (Wildman–Crippen MR) is 84.5 cm³/mol. The molecule has 1 aromatic heterocycles. The zero-order valence-electron chi connectivity index (χ0n) is 11.4. The first-order valence-corrected chi connectivity index (χ1v) is 7.27. The molecule has 4 nitrogen and oxygen atoms in total. The second kappa shape index (κ2) is 5.85. The highest BCUT2D eigenvalue weighted by atomic mass is 32.1. The van der Waals surface area contributed by atoms with Gasteiger partial charge in [0.25, 0.3) is 5.91 Å². The van der Waals surface area contributed by atoms with Gasteiger partial charge in [-0.25, -0.2) is 0 Å². The lowest BCUT2D eigenvalue weighted by Crippen LogP contribution is -2.12. The minimum absolute atomic E-state index is 0.163. The average Bonchev–Trinajstić information content (AvgIpc) is 2.97. The first-order valence-electron chi connectivity index (χ1n) is 6.50. The van der Waals surface area contributed by atoms with Crippen LogP contribution in [-0.2, 0) is 0 Å². The number of carbonyl (C=O) groups is 1. The third-order valence-corrected chi connectivity index (χ3v) is 3.70. The van der Waals surface area contributed by atoms with Gasteiger partial charge in [0.15, 0.2) is 5.82 Å². The zero-order chi connectivity index (χ0) is 14.7. The van der Waals surface area contributed by atoms with Gasteiger partial charge in [0.1, 0.15) is 0 Å². The number of aryl methyl sites for hydroxylation is 1. The van der Waals surface area contributed by atoms with Gasteiger partial charge < -0.3 is 0 Å². The number of carbonyl (C=O) groups excluding carboxylic acids is 1. The summed E-state index contributed by atoms with van der Waals surface area (Å²) in [5.74, 6) is 0.463. The standard InChI is InChI=1S/C16H13N3OS/c1-11-7-5-6-10-13(11)15(20)18-16-17-14(19-21-16)12-8-3-2-4-9-12/h2-10H,1H3,(H,17,18,19,20). The van der Waals surface area contributed by atoms with Gasteiger partial charge in [0.2, 0.25) is 5.13 Å². The highest BCUT2D eigenvalue weighted by Gasteiger charge is 2.12. The summed E-state index contributed by atoms with van der Waals surface area (Å²) in [6, 6.07) is 17.1. The summed E-state index contributed by atoms with van der Waals surface area (Å²) in [4.78, 5) is 16.6. The monoisotopic (exact) mass is 295 g/mol. The fourth-order valence-electron chi connectivity index (χ4n) is 1.97. The van der Waals surface area contributed by atoms with E-state index >= 15 is 0 Å². The van der Waals surface area contributed by atoms with Crippen molar-refractivity contribution >= 4 is 22.6 Å². The van der Waals surface area contributed by atoms with Crippen LogP contribution in [0.25, 0.3) is 11.4 Å². The molecular weight excluding hydrogens is 282 g/mol. The lowest BCUT2D eigenvalue weighted by atomic mass is 10.1. The number of aromatic nitrogens is 2. The maximum Gasteiger partial charge on any atom is 0.257 e. The van der Waals surface area contributed by atoms with E-state index in [1.54, 1.807) is 6.07 Å². The van der Waals surface area contributed by atoms with Gasteiger partial charge >= 0.3 is 0 Å². The maximum atomic E-state index is 12.2. The molecule has 0 spiro atoms. The highest BCUT2D eigenvalue weighted by Crippen LogP contribution is 2.21. The fraction of sp³-hybridized carbons (Fsp3) is 0.0625. The maximum absolute atomic E-state index is 12.2. The molecule has 3 rings (SSSR count). The van der Waals surface area contributed by atoms with Crippen molar-refractivity contribution in [1.82, 2.24) is 9.36 Å². The van der Waals surface area contributed by atoms with Gasteiger partial charge in [0.05, 0.1) is 0 Å². The third-order valence-electron chi connectivity index (χ3n) is 3.07. The molecule has 0 fully saturated rings. The molecule has 0 radical (unpaired) electrons. The molecule has 21 heavy (non-hydrogen) atoms. The molecule has 1 amide bonds. The summed E-state index contributed by atoms with van der Waals surface area (Å²) < 4.78 is 4.27. The summed E-state index contributed by atoms with van der Waals surface area (Å²) in [5.41, 5.74) is 2.52. The Labute approximate surface area is 126 Å². The number of nitrogens with one attached hydrogen (secondary N) is 1. The van der Waals surface area contributed by atoms with Crippen LogP contribution in [-0.4, -0.2) is 15.3 Å². The van der Waals surface area contributed by atoms with Crippen LogP contribution >= 0.6 is 11.5 Å². The lowest BCUT2D eigenvalue weighted by Gasteiger charge is -2.04. The van der Waals surface area contributed by atoms with Crippen molar-refractivity contribution in [2.45, 2.75) is 6.92 Å². The Morgan fingerprint density at radius 1 is 1.05 bits per heavy atom. The molecule has 0 aliphatic rings. The Bertz CT molecular complexity index is 768. The Kier molecular flexibility index (Phi) is 3.75. The number of hydrogen-bond acceptors (Lipinski definition) is 4. The van der Waals surface area contributed by atoms with Gasteiger partial charge in [-0.3, -0.25) is 10.1 Å². The Balaban J connectivity index is 1.79. The summed E-state index contributed by atoms with van der Waals surface area (Å²) in [6.07, 6.45) is 0. The number of nitrogens with zero attached hydrogens (tertiary/aromatic N) is 2. The minimum Gasteiger partial charge on any atom is -0.297 e. The van der Waals surface area contributed by atoms with E-state index in [1.165, 1.54) is 11.5 Å². The van der Waals surface area contributed by atoms with Crippen molar-refractivity contribution in [2.24, 2.45) is 0 Å². The smallest absolute Gasteiger partial charge is 0.257 e. The van der Waals surface area contributed by atoms with Crippen LogP contribution in [0.1, 0.15) is 15.9 Å². The molecule has 0 unspecified atom stereocenters. The van der Waals surface area contributed by atoms with Crippen LogP contribution in [0.2, 0.25) is 0 Å². The summed E-state index contributed by atoms with van der Waals surface area (Å²) >= 11 is 1.18. The van der Waals surface area contributed by atoms with Crippen LogP contribution in [0.3, 0.4) is 0 Å². The topological polar surface area (TPSA) is 54.9 Å². The van der Waals surface area contributed by atoms with Gasteiger partial charge in [-0.15, -0.1) is 0 Å². The summed E-state index contributed by atoms with van der Waals surface area (Å²) in [5, 5.41) is 3.30. The Hall–Kier alpha value is -2.53. The van der Waals surface area contributed by atoms with Crippen molar-refractivity contribution in [3.63, 3.8) is 0 Å². The highest BCUT2D eigenvalue weighted by molar-refractivity contribution is 7.10. The second-order valence-corrected chi connectivity index (χ2v) is 5.31. The Morgan fingerprint density at radius 2 is 1.76 bits per heavy atom. The van der Waals surface area contributed by atoms with Crippen molar-refractivity contribution in [2.75, 3.05) is 5.32 Å². The molecule has 2 aromatic carbocycles. The van der Waals surface area contributed by atoms with E-state index in [1.807, 2.05) is 55.5 Å². The largest absolute Gasteiger partial charge is 0.297 e. The molecule has 5 heteroatoms. The van der Waals surface area contributed by atoms with E-state index in [-0.39, 0.29) is 5.91 Å². The van der Waals surface area contributed by atoms with Crippen LogP contribution in [0.15, 0.2) is 54.6 Å². The molecule has 0 saturated carbocycles. The van der Waals surface area contributed by atoms with Crippen molar-refractivity contribution < 1.29 is 4.79 Å². The molecule has 3 aromatic rings. The van der Waals surface area contributed by atoms with E-state index in [2.05, 4.69) is 14.7 Å². The molecule has 0 bridgehead atoms. The molecule has 1 N–H and O–H groups in total. The third kappa shape index (κ3) is 2.98. The Morgan fingerprint density at radius 3 is 2.52 bits per heavy atom. The minimum atomic E-state index is -0.163. The molecular formula is C16H13N3OS. The number of benzene rings is 2. The van der Waals surface area contributed by atoms with Crippen molar-refractivity contribution in [1.29, 1.82) is 0 Å². The number of hydrogen-bond donors (Lipinski definition) is 1. The molecule has 0 saturated heterocycles. The normalized spacial score (nSPS) is 10.3. The lowest BCUT2D eigenvalue weighted by molar-refractivity contribution is 0.102. The molecule has 104 valence electrons. The SMILES string of the molecule is Cc1ccccc1C(=O)Nc1nc(-c2ccccc2)ns1. The first kappa shape index (κ1) is 13.5. The number of rotatable bonds is 3. The average molecular weight is 295 g/mol. The fourth-order valence-corrected chi connectivity index (χ4v) is 2.56. The molecule has 1 heterocycles. The summed E-state index contributed by atoms with van der Waals surface area (Å²) in [7, 11) is 0. The zero-order valence-corrected chi connectivity index (χ0v) is 12.2. The van der Waals surface area contributed by atoms with E-state index < -0.39 is 0 Å². The van der Waals surface area contributed by atoms with Crippen molar-refractivity contribution in [3.05, 3.63) is 65.7 Å². The number of amides is 1. The molecule has 0 aliphatic carbocycles. The van der Waals surface area contributed by atoms with Crippen LogP contribution in [0.4, 0.5) is 5.13 Å². The van der Waals surface area contributed by atoms with Crippen LogP contribution < -0.4 is 5.32 Å². The van der Waals surface area contributed by atoms with Gasteiger partial charge in [-0.1, -0.05) is 48.5 Å². The van der Waals surface area contributed by atoms with Gasteiger partial charge in [-0.2, -0.15) is 9.36 Å². The van der Waals surface area contributed by atoms with Crippen molar-refractivity contribution in [3.8, 4) is 11.4 Å². The van der Waals surface area contributed by atoms with E-state index in [0.29, 0.717) is 16.5 Å². The first-order chi connectivity index (χ1) is 10.2. The van der Waals surface area contributed by atoms with Gasteiger partial charge in [-0.05, 0) is 18.6 Å². The molecule has 0 aliphatic heterocycles. The molecule has 0 atom stereocenters. The second-order valence-electron chi connectivity index (χ2n) is 4.56.